The summed E-state index contributed by atoms with van der Waals surface area (Å²) in [5.41, 5.74) is -1.21. The third kappa shape index (κ3) is 4.16. The smallest absolute Gasteiger partial charge is 0.333 e. The van der Waals surface area contributed by atoms with Crippen LogP contribution in [0.4, 0.5) is 5.82 Å². The number of hydrogen-bond acceptors (Lipinski definition) is 8. The van der Waals surface area contributed by atoms with E-state index in [2.05, 4.69) is 20.2 Å². The van der Waals surface area contributed by atoms with Crippen molar-refractivity contribution in [3.8, 4) is 17.3 Å². The van der Waals surface area contributed by atoms with Gasteiger partial charge >= 0.3 is 5.69 Å². The third-order valence-electron chi connectivity index (χ3n) is 5.83. The molecule has 0 spiro atoms. The van der Waals surface area contributed by atoms with E-state index in [1.54, 1.807) is 52.5 Å². The lowest BCUT2D eigenvalue weighted by Gasteiger charge is -2.35. The van der Waals surface area contributed by atoms with Gasteiger partial charge in [-0.25, -0.2) is 14.3 Å². The van der Waals surface area contributed by atoms with Crippen LogP contribution < -0.4 is 20.9 Å². The van der Waals surface area contributed by atoms with Crippen LogP contribution in [0.3, 0.4) is 0 Å². The van der Waals surface area contributed by atoms with E-state index < -0.39 is 17.2 Å². The Morgan fingerprint density at radius 1 is 1.00 bits per heavy atom. The van der Waals surface area contributed by atoms with Gasteiger partial charge < -0.3 is 19.5 Å². The predicted octanol–water partition coefficient (Wildman–Crippen LogP) is 0.473. The predicted molar refractivity (Wildman–Crippen MR) is 126 cm³/mol. The molecule has 1 amide bonds. The van der Waals surface area contributed by atoms with Crippen LogP contribution in [0.5, 0.6) is 5.75 Å². The maximum absolute atomic E-state index is 13.2. The minimum Gasteiger partial charge on any atom is -0.495 e. The summed E-state index contributed by atoms with van der Waals surface area (Å²) in [5, 5.41) is 8.52. The molecule has 0 bridgehead atoms. The van der Waals surface area contributed by atoms with Crippen molar-refractivity contribution in [3.63, 3.8) is 0 Å². The number of anilines is 1. The first-order valence-electron chi connectivity index (χ1n) is 10.9. The Bertz CT molecular complexity index is 1450. The zero-order valence-corrected chi connectivity index (χ0v) is 18.9. The molecule has 1 aliphatic rings. The fourth-order valence-corrected chi connectivity index (χ4v) is 3.99. The van der Waals surface area contributed by atoms with Crippen molar-refractivity contribution in [3.05, 3.63) is 87.7 Å². The van der Waals surface area contributed by atoms with Gasteiger partial charge in [0.25, 0.3) is 11.5 Å². The van der Waals surface area contributed by atoms with Crippen molar-refractivity contribution in [2.24, 2.45) is 0 Å². The standard InChI is InChI=1S/C23H22N8O4/c1-35-18-5-3-2-4-17(18)31-22(33)16(14-25-23(31)34)21(32)29-12-10-28(11-13-29)19-6-7-20(27-26-19)30-9-8-24-15-30/h2-9,14-15H,10-13H2,1H3,(H,25,34). The van der Waals surface area contributed by atoms with Crippen molar-refractivity contribution < 1.29 is 9.53 Å². The number of hydrogen-bond donors (Lipinski definition) is 1. The Morgan fingerprint density at radius 2 is 1.74 bits per heavy atom. The quantitative estimate of drug-likeness (QED) is 0.442. The molecular weight excluding hydrogens is 452 g/mol. The van der Waals surface area contributed by atoms with Gasteiger partial charge in [0.05, 0.1) is 12.8 Å². The zero-order chi connectivity index (χ0) is 24.4. The van der Waals surface area contributed by atoms with Crippen molar-refractivity contribution >= 4 is 11.7 Å². The van der Waals surface area contributed by atoms with Crippen molar-refractivity contribution in [1.29, 1.82) is 0 Å². The SMILES string of the molecule is COc1ccccc1-n1c(=O)[nH]cc(C(=O)N2CCN(c3ccc(-n4ccnc4)nn3)CC2)c1=O. The van der Waals surface area contributed by atoms with E-state index in [-0.39, 0.29) is 11.3 Å². The van der Waals surface area contributed by atoms with Gasteiger partial charge in [-0.3, -0.25) is 14.2 Å². The van der Waals surface area contributed by atoms with Gasteiger partial charge in [-0.2, -0.15) is 0 Å². The van der Waals surface area contributed by atoms with Crippen LogP contribution >= 0.6 is 0 Å². The molecule has 3 aromatic heterocycles. The molecule has 178 valence electrons. The fraction of sp³-hybridized carbons (Fsp3) is 0.217. The first-order chi connectivity index (χ1) is 17.1. The highest BCUT2D eigenvalue weighted by Crippen LogP contribution is 2.19. The number of aromatic amines is 1. The Morgan fingerprint density at radius 3 is 2.43 bits per heavy atom. The van der Waals surface area contributed by atoms with Crippen LogP contribution in [0.1, 0.15) is 10.4 Å². The number of rotatable bonds is 5. The van der Waals surface area contributed by atoms with Gasteiger partial charge in [-0.15, -0.1) is 10.2 Å². The summed E-state index contributed by atoms with van der Waals surface area (Å²) in [7, 11) is 1.45. The van der Waals surface area contributed by atoms with Gasteiger partial charge in [-0.1, -0.05) is 12.1 Å². The van der Waals surface area contributed by atoms with Crippen LogP contribution in [0.15, 0.2) is 70.9 Å². The normalized spacial score (nSPS) is 13.6. The summed E-state index contributed by atoms with van der Waals surface area (Å²) in [6.07, 6.45) is 6.27. The largest absolute Gasteiger partial charge is 0.495 e. The monoisotopic (exact) mass is 474 g/mol. The molecule has 35 heavy (non-hydrogen) atoms. The molecule has 0 saturated carbocycles. The second-order valence-electron chi connectivity index (χ2n) is 7.82. The van der Waals surface area contributed by atoms with E-state index in [4.69, 9.17) is 4.74 Å². The van der Waals surface area contributed by atoms with Crippen molar-refractivity contribution in [2.45, 2.75) is 0 Å². The van der Waals surface area contributed by atoms with Crippen LogP contribution in [0.2, 0.25) is 0 Å². The van der Waals surface area contributed by atoms with Gasteiger partial charge in [0, 0.05) is 44.8 Å². The average molecular weight is 474 g/mol. The summed E-state index contributed by atoms with van der Waals surface area (Å²) in [5.74, 6) is 1.25. The molecule has 4 heterocycles. The minimum atomic E-state index is -0.702. The first kappa shape index (κ1) is 22.1. The van der Waals surface area contributed by atoms with E-state index in [9.17, 15) is 14.4 Å². The van der Waals surface area contributed by atoms with Crippen LogP contribution in [-0.4, -0.2) is 73.4 Å². The average Bonchev–Trinajstić information content (AvgIpc) is 3.44. The number of carbonyl (C=O) groups is 1. The van der Waals surface area contributed by atoms with Gasteiger partial charge in [0.2, 0.25) is 0 Å². The molecule has 1 aromatic carbocycles. The molecule has 1 saturated heterocycles. The summed E-state index contributed by atoms with van der Waals surface area (Å²) >= 11 is 0. The Balaban J connectivity index is 1.33. The number of benzene rings is 1. The number of amides is 1. The van der Waals surface area contributed by atoms with Gasteiger partial charge in [-0.05, 0) is 24.3 Å². The molecule has 1 aliphatic heterocycles. The van der Waals surface area contributed by atoms with Crippen LogP contribution in [0.25, 0.3) is 11.5 Å². The fourth-order valence-electron chi connectivity index (χ4n) is 3.99. The lowest BCUT2D eigenvalue weighted by atomic mass is 10.2. The Kier molecular flexibility index (Phi) is 5.83. The Labute approximate surface area is 199 Å². The molecular formula is C23H22N8O4. The number of ether oxygens (including phenoxy) is 1. The highest BCUT2D eigenvalue weighted by molar-refractivity contribution is 5.93. The molecule has 0 unspecified atom stereocenters. The molecule has 0 radical (unpaired) electrons. The van der Waals surface area contributed by atoms with E-state index in [1.807, 2.05) is 17.0 Å². The number of methoxy groups -OCH3 is 1. The van der Waals surface area contributed by atoms with Crippen LogP contribution in [0, 0.1) is 0 Å². The Hall–Kier alpha value is -4.74. The zero-order valence-electron chi connectivity index (χ0n) is 18.9. The van der Waals surface area contributed by atoms with Crippen molar-refractivity contribution in [1.82, 2.24) is 34.2 Å². The minimum absolute atomic E-state index is 0.117. The van der Waals surface area contributed by atoms with Gasteiger partial charge in [0.15, 0.2) is 11.6 Å². The summed E-state index contributed by atoms with van der Waals surface area (Å²) in [4.78, 5) is 48.9. The number of nitrogens with one attached hydrogen (secondary N) is 1. The lowest BCUT2D eigenvalue weighted by molar-refractivity contribution is 0.0743. The molecule has 1 fully saturated rings. The summed E-state index contributed by atoms with van der Waals surface area (Å²) in [6.45, 7) is 1.82. The highest BCUT2D eigenvalue weighted by Gasteiger charge is 2.26. The number of piperazine rings is 1. The van der Waals surface area contributed by atoms with E-state index in [1.165, 1.54) is 13.3 Å². The molecule has 5 rings (SSSR count). The third-order valence-corrected chi connectivity index (χ3v) is 5.83. The molecule has 0 aliphatic carbocycles. The van der Waals surface area contributed by atoms with Crippen LogP contribution in [-0.2, 0) is 0 Å². The van der Waals surface area contributed by atoms with E-state index in [0.29, 0.717) is 43.6 Å². The number of imidazole rings is 1. The number of H-pyrrole nitrogens is 1. The number of para-hydroxylation sites is 2. The van der Waals surface area contributed by atoms with Crippen molar-refractivity contribution in [2.75, 3.05) is 38.2 Å². The molecule has 12 nitrogen and oxygen atoms in total. The first-order valence-corrected chi connectivity index (χ1v) is 10.9. The topological polar surface area (TPSA) is 131 Å². The second-order valence-corrected chi connectivity index (χ2v) is 7.82. The maximum Gasteiger partial charge on any atom is 0.333 e. The summed E-state index contributed by atoms with van der Waals surface area (Å²) < 4.78 is 7.96. The van der Waals surface area contributed by atoms with E-state index >= 15 is 0 Å². The summed E-state index contributed by atoms with van der Waals surface area (Å²) in [6, 6.07) is 10.4. The molecule has 1 N–H and O–H groups in total. The van der Waals surface area contributed by atoms with Gasteiger partial charge in [0.1, 0.15) is 17.6 Å². The highest BCUT2D eigenvalue weighted by atomic mass is 16.5. The molecule has 12 heteroatoms. The molecule has 0 atom stereocenters. The number of aromatic nitrogens is 6. The second kappa shape index (κ2) is 9.25. The lowest BCUT2D eigenvalue weighted by Crippen LogP contribution is -2.50. The number of carbonyl (C=O) groups excluding carboxylic acids is 1. The maximum atomic E-state index is 13.2. The number of nitrogens with zero attached hydrogens (tertiary/aromatic N) is 7. The van der Waals surface area contributed by atoms with E-state index in [0.717, 1.165) is 4.57 Å². The molecule has 4 aromatic rings.